The highest BCUT2D eigenvalue weighted by Gasteiger charge is 2.30. The summed E-state index contributed by atoms with van der Waals surface area (Å²) >= 11 is 0. The van der Waals surface area contributed by atoms with Crippen molar-refractivity contribution in [1.82, 2.24) is 20.3 Å². The fourth-order valence-electron chi connectivity index (χ4n) is 3.29. The molecule has 0 bridgehead atoms. The number of halogens is 3. The maximum Gasteiger partial charge on any atom is 0.416 e. The molecule has 0 aliphatic heterocycles. The van der Waals surface area contributed by atoms with Crippen LogP contribution in [0.1, 0.15) is 33.2 Å². The van der Waals surface area contributed by atoms with Gasteiger partial charge in [-0.3, -0.25) is 14.6 Å². The lowest BCUT2D eigenvalue weighted by atomic mass is 9.98. The van der Waals surface area contributed by atoms with Crippen LogP contribution < -0.4 is 10.9 Å². The van der Waals surface area contributed by atoms with Crippen LogP contribution >= 0.6 is 0 Å². The van der Waals surface area contributed by atoms with Crippen molar-refractivity contribution in [2.24, 2.45) is 0 Å². The van der Waals surface area contributed by atoms with Crippen LogP contribution in [0.3, 0.4) is 0 Å². The van der Waals surface area contributed by atoms with Gasteiger partial charge in [0.1, 0.15) is 11.5 Å². The van der Waals surface area contributed by atoms with E-state index in [4.69, 9.17) is 0 Å². The zero-order valence-corrected chi connectivity index (χ0v) is 17.0. The van der Waals surface area contributed by atoms with Crippen molar-refractivity contribution in [2.45, 2.75) is 12.2 Å². The van der Waals surface area contributed by atoms with Gasteiger partial charge < -0.3 is 10.3 Å². The third kappa shape index (κ3) is 5.15. The Kier molecular flexibility index (Phi) is 6.03. The number of hydrogen-bond donors (Lipinski definition) is 2. The van der Waals surface area contributed by atoms with Crippen LogP contribution in [0, 0.1) is 0 Å². The van der Waals surface area contributed by atoms with E-state index in [-0.39, 0.29) is 11.5 Å². The molecule has 4 aromatic rings. The highest BCUT2D eigenvalue weighted by molar-refractivity contribution is 5.93. The van der Waals surface area contributed by atoms with E-state index in [0.717, 1.165) is 18.2 Å². The van der Waals surface area contributed by atoms with Crippen molar-refractivity contribution in [3.8, 4) is 11.4 Å². The zero-order chi connectivity index (χ0) is 23.4. The Labute approximate surface area is 186 Å². The van der Waals surface area contributed by atoms with Crippen molar-refractivity contribution in [2.75, 3.05) is 0 Å². The normalized spacial score (nSPS) is 12.2. The molecule has 6 nitrogen and oxygen atoms in total. The third-order valence-electron chi connectivity index (χ3n) is 4.91. The Hall–Kier alpha value is -4.27. The van der Waals surface area contributed by atoms with Gasteiger partial charge in [-0.25, -0.2) is 4.98 Å². The first-order valence-corrected chi connectivity index (χ1v) is 9.86. The molecule has 4 rings (SSSR count). The van der Waals surface area contributed by atoms with E-state index >= 15 is 0 Å². The van der Waals surface area contributed by atoms with Crippen LogP contribution in [-0.4, -0.2) is 20.9 Å². The molecule has 2 heterocycles. The van der Waals surface area contributed by atoms with Gasteiger partial charge in [0, 0.05) is 24.0 Å². The number of benzene rings is 2. The summed E-state index contributed by atoms with van der Waals surface area (Å²) in [6.07, 6.45) is -1.45. The third-order valence-corrected chi connectivity index (χ3v) is 4.91. The number of pyridine rings is 1. The molecule has 2 N–H and O–H groups in total. The standard InChI is InChI=1S/C24H17F3N4O2/c25-24(26,27)18-8-6-15(7-9-18)21(16-10-12-28-13-11-16)31-23(33)19-14-20(32)30-22(29-19)17-4-2-1-3-5-17/h1-14,21H,(H,31,33)(H,29,30,32). The number of hydrogen-bond acceptors (Lipinski definition) is 4. The summed E-state index contributed by atoms with van der Waals surface area (Å²) in [5, 5.41) is 2.77. The Balaban J connectivity index is 1.68. The Bertz CT molecular complexity index is 1310. The molecule has 33 heavy (non-hydrogen) atoms. The molecule has 0 saturated carbocycles. The molecular weight excluding hydrogens is 433 g/mol. The van der Waals surface area contributed by atoms with Gasteiger partial charge in [-0.1, -0.05) is 42.5 Å². The van der Waals surface area contributed by atoms with E-state index in [1.807, 2.05) is 6.07 Å². The molecule has 166 valence electrons. The molecule has 0 fully saturated rings. The number of rotatable bonds is 5. The lowest BCUT2D eigenvalue weighted by Crippen LogP contribution is -2.31. The van der Waals surface area contributed by atoms with Crippen LogP contribution in [0.5, 0.6) is 0 Å². The summed E-state index contributed by atoms with van der Waals surface area (Å²) in [5.74, 6) is -0.428. The van der Waals surface area contributed by atoms with Crippen LogP contribution in [0.15, 0.2) is 90.0 Å². The summed E-state index contributed by atoms with van der Waals surface area (Å²) in [6, 6.07) is 16.9. The number of aromatic amines is 1. The van der Waals surface area contributed by atoms with E-state index in [2.05, 4.69) is 20.3 Å². The summed E-state index contributed by atoms with van der Waals surface area (Å²) in [7, 11) is 0. The summed E-state index contributed by atoms with van der Waals surface area (Å²) in [4.78, 5) is 36.0. The summed E-state index contributed by atoms with van der Waals surface area (Å²) in [5.41, 5.74) is 0.224. The largest absolute Gasteiger partial charge is 0.416 e. The lowest BCUT2D eigenvalue weighted by molar-refractivity contribution is -0.137. The van der Waals surface area contributed by atoms with Crippen molar-refractivity contribution < 1.29 is 18.0 Å². The SMILES string of the molecule is O=C(NC(c1ccncc1)c1ccc(C(F)(F)F)cc1)c1cc(=O)[nH]c(-c2ccccc2)n1. The number of aromatic nitrogens is 3. The average Bonchev–Trinajstić information content (AvgIpc) is 2.82. The topological polar surface area (TPSA) is 87.7 Å². The number of amides is 1. The summed E-state index contributed by atoms with van der Waals surface area (Å²) < 4.78 is 38.9. The van der Waals surface area contributed by atoms with Gasteiger partial charge in [0.15, 0.2) is 0 Å². The van der Waals surface area contributed by atoms with Crippen LogP contribution in [0.4, 0.5) is 13.2 Å². The number of carbonyl (C=O) groups is 1. The van der Waals surface area contributed by atoms with Gasteiger partial charge in [0.25, 0.3) is 11.5 Å². The van der Waals surface area contributed by atoms with Gasteiger partial charge in [-0.2, -0.15) is 13.2 Å². The molecule has 1 atom stereocenters. The van der Waals surface area contributed by atoms with Gasteiger partial charge in [0.2, 0.25) is 0 Å². The molecule has 2 aromatic heterocycles. The highest BCUT2D eigenvalue weighted by atomic mass is 19.4. The molecule has 0 aliphatic rings. The van der Waals surface area contributed by atoms with Crippen LogP contribution in [-0.2, 0) is 6.18 Å². The smallest absolute Gasteiger partial charge is 0.340 e. The second-order valence-electron chi connectivity index (χ2n) is 7.15. The second-order valence-corrected chi connectivity index (χ2v) is 7.15. The molecule has 1 unspecified atom stereocenters. The number of alkyl halides is 3. The monoisotopic (exact) mass is 450 g/mol. The predicted octanol–water partition coefficient (Wildman–Crippen LogP) is 4.37. The maximum atomic E-state index is 13.0. The van der Waals surface area contributed by atoms with E-state index in [9.17, 15) is 22.8 Å². The molecular formula is C24H17F3N4O2. The fourth-order valence-corrected chi connectivity index (χ4v) is 3.29. The molecule has 0 aliphatic carbocycles. The Morgan fingerprint density at radius 2 is 1.55 bits per heavy atom. The predicted molar refractivity (Wildman–Crippen MR) is 115 cm³/mol. The molecule has 0 saturated heterocycles. The molecule has 9 heteroatoms. The number of nitrogens with one attached hydrogen (secondary N) is 2. The molecule has 0 radical (unpaired) electrons. The first kappa shape index (κ1) is 21.9. The Morgan fingerprint density at radius 3 is 2.18 bits per heavy atom. The molecule has 0 spiro atoms. The van der Waals surface area contributed by atoms with Crippen molar-refractivity contribution >= 4 is 5.91 Å². The average molecular weight is 450 g/mol. The number of H-pyrrole nitrogens is 1. The van der Waals surface area contributed by atoms with Gasteiger partial charge >= 0.3 is 6.18 Å². The Morgan fingerprint density at radius 1 is 0.909 bits per heavy atom. The minimum Gasteiger partial charge on any atom is -0.340 e. The fraction of sp³-hybridized carbons (Fsp3) is 0.0833. The van der Waals surface area contributed by atoms with E-state index in [1.54, 1.807) is 36.4 Å². The van der Waals surface area contributed by atoms with E-state index in [1.165, 1.54) is 24.5 Å². The minimum atomic E-state index is -4.48. The minimum absolute atomic E-state index is 0.122. The van der Waals surface area contributed by atoms with Crippen LogP contribution in [0.2, 0.25) is 0 Å². The molecule has 1 amide bonds. The summed E-state index contributed by atoms with van der Waals surface area (Å²) in [6.45, 7) is 0. The first-order chi connectivity index (χ1) is 15.8. The van der Waals surface area contributed by atoms with E-state index in [0.29, 0.717) is 16.7 Å². The van der Waals surface area contributed by atoms with Crippen molar-refractivity contribution in [3.05, 3.63) is 118 Å². The first-order valence-electron chi connectivity index (χ1n) is 9.86. The highest BCUT2D eigenvalue weighted by Crippen LogP contribution is 2.31. The number of nitrogens with zero attached hydrogens (tertiary/aromatic N) is 2. The molecule has 2 aromatic carbocycles. The second kappa shape index (κ2) is 9.07. The lowest BCUT2D eigenvalue weighted by Gasteiger charge is -2.20. The van der Waals surface area contributed by atoms with Gasteiger partial charge in [-0.15, -0.1) is 0 Å². The zero-order valence-electron chi connectivity index (χ0n) is 17.0. The maximum absolute atomic E-state index is 13.0. The van der Waals surface area contributed by atoms with Crippen molar-refractivity contribution in [3.63, 3.8) is 0 Å². The van der Waals surface area contributed by atoms with Gasteiger partial charge in [0.05, 0.1) is 11.6 Å². The van der Waals surface area contributed by atoms with Gasteiger partial charge in [-0.05, 0) is 35.4 Å². The quantitative estimate of drug-likeness (QED) is 0.473. The van der Waals surface area contributed by atoms with Crippen LogP contribution in [0.25, 0.3) is 11.4 Å². The van der Waals surface area contributed by atoms with E-state index < -0.39 is 29.2 Å². The number of carbonyl (C=O) groups excluding carboxylic acids is 1. The van der Waals surface area contributed by atoms with Crippen molar-refractivity contribution in [1.29, 1.82) is 0 Å².